The lowest BCUT2D eigenvalue weighted by Crippen LogP contribution is -2.38. The van der Waals surface area contributed by atoms with Crippen molar-refractivity contribution >= 4 is 40.4 Å². The van der Waals surface area contributed by atoms with Crippen molar-refractivity contribution in [1.29, 1.82) is 0 Å². The zero-order valence-electron chi connectivity index (χ0n) is 21.7. The van der Waals surface area contributed by atoms with Gasteiger partial charge in [0.15, 0.2) is 5.82 Å². The van der Waals surface area contributed by atoms with Gasteiger partial charge in [-0.2, -0.15) is 0 Å². The van der Waals surface area contributed by atoms with E-state index >= 15 is 0 Å². The van der Waals surface area contributed by atoms with Crippen molar-refractivity contribution in [1.82, 2.24) is 9.88 Å². The van der Waals surface area contributed by atoms with Gasteiger partial charge in [-0.15, -0.1) is 0 Å². The quantitative estimate of drug-likeness (QED) is 0.350. The fourth-order valence-electron chi connectivity index (χ4n) is 5.30. The van der Waals surface area contributed by atoms with Gasteiger partial charge in [0.1, 0.15) is 5.82 Å². The largest absolute Gasteiger partial charge is 0.388 e. The van der Waals surface area contributed by atoms with E-state index in [0.29, 0.717) is 24.9 Å². The van der Waals surface area contributed by atoms with Gasteiger partial charge in [0.25, 0.3) is 0 Å². The maximum Gasteiger partial charge on any atom is 0.247 e. The summed E-state index contributed by atoms with van der Waals surface area (Å²) in [6.45, 7) is 2.16. The van der Waals surface area contributed by atoms with Crippen LogP contribution in [0.5, 0.6) is 0 Å². The average molecular weight is 551 g/mol. The molecule has 1 aromatic heterocycles. The highest BCUT2D eigenvalue weighted by Crippen LogP contribution is 2.38. The molecule has 2 bridgehead atoms. The Morgan fingerprint density at radius 3 is 2.69 bits per heavy atom. The van der Waals surface area contributed by atoms with Crippen molar-refractivity contribution in [3.05, 3.63) is 82.7 Å². The minimum atomic E-state index is -0.864. The number of hydrogen-bond acceptors (Lipinski definition) is 4. The van der Waals surface area contributed by atoms with Gasteiger partial charge in [0.05, 0.1) is 28.0 Å². The van der Waals surface area contributed by atoms with Crippen LogP contribution in [0.4, 0.5) is 20.2 Å². The Morgan fingerprint density at radius 1 is 1.10 bits per heavy atom. The Hall–Kier alpha value is -3.78. The molecule has 2 aromatic carbocycles. The van der Waals surface area contributed by atoms with E-state index in [2.05, 4.69) is 15.6 Å². The molecule has 202 valence electrons. The standard InChI is InChI=1S/C30H29ClF2N4O2/c1-17-4-3-5-26(37-13-11-19(15-27(37)38)28-23(32)9-8-22(31)29(28)33)25-14-18(10-12-35-25)21-7-6-20(34-2)16-24(21)36-30(17)39/h6-10,12,14-17,26,34H,3-5,11,13H2,1-2H3,(H,36,39)/t17-,26+/m1/s1. The third kappa shape index (κ3) is 5.39. The second-order valence-corrected chi connectivity index (χ2v) is 10.4. The molecule has 3 heterocycles. The topological polar surface area (TPSA) is 74.3 Å². The summed E-state index contributed by atoms with van der Waals surface area (Å²) in [5, 5.41) is 6.00. The molecule has 2 amide bonds. The van der Waals surface area contributed by atoms with Gasteiger partial charge in [-0.1, -0.05) is 31.0 Å². The first kappa shape index (κ1) is 26.8. The number of carbonyl (C=O) groups is 2. The first-order chi connectivity index (χ1) is 18.8. The Morgan fingerprint density at radius 2 is 1.92 bits per heavy atom. The molecule has 6 nitrogen and oxygen atoms in total. The molecule has 9 heteroatoms. The number of anilines is 2. The highest BCUT2D eigenvalue weighted by atomic mass is 35.5. The van der Waals surface area contributed by atoms with E-state index < -0.39 is 11.6 Å². The van der Waals surface area contributed by atoms with Crippen LogP contribution in [0.2, 0.25) is 5.02 Å². The molecule has 0 spiro atoms. The van der Waals surface area contributed by atoms with Gasteiger partial charge >= 0.3 is 0 Å². The minimum Gasteiger partial charge on any atom is -0.388 e. The second-order valence-electron chi connectivity index (χ2n) is 9.99. The maximum absolute atomic E-state index is 14.7. The number of nitrogens with zero attached hydrogens (tertiary/aromatic N) is 2. The number of nitrogens with one attached hydrogen (secondary N) is 2. The Kier molecular flexibility index (Phi) is 7.66. The number of rotatable bonds is 3. The highest BCUT2D eigenvalue weighted by molar-refractivity contribution is 6.31. The zero-order chi connectivity index (χ0) is 27.7. The molecule has 2 aliphatic rings. The molecule has 39 heavy (non-hydrogen) atoms. The second kappa shape index (κ2) is 11.1. The van der Waals surface area contributed by atoms with Crippen LogP contribution < -0.4 is 10.6 Å². The van der Waals surface area contributed by atoms with Crippen LogP contribution in [-0.4, -0.2) is 35.3 Å². The first-order valence-corrected chi connectivity index (χ1v) is 13.4. The number of amides is 2. The van der Waals surface area contributed by atoms with Crippen molar-refractivity contribution < 1.29 is 18.4 Å². The minimum absolute atomic E-state index is 0.0666. The summed E-state index contributed by atoms with van der Waals surface area (Å²) >= 11 is 5.89. The van der Waals surface area contributed by atoms with Crippen LogP contribution in [0.3, 0.4) is 0 Å². The van der Waals surface area contributed by atoms with E-state index in [9.17, 15) is 18.4 Å². The van der Waals surface area contributed by atoms with E-state index in [4.69, 9.17) is 11.6 Å². The van der Waals surface area contributed by atoms with Gasteiger partial charge in [0, 0.05) is 43.0 Å². The molecule has 0 saturated carbocycles. The van der Waals surface area contributed by atoms with E-state index in [1.54, 1.807) is 11.1 Å². The first-order valence-electron chi connectivity index (χ1n) is 13.0. The molecule has 0 radical (unpaired) electrons. The SMILES string of the molecule is CNc1ccc2c(c1)NC(=O)[C@H](C)CCC[C@H](N1CCC(c3c(F)ccc(Cl)c3F)=CC1=O)c1cc-2ccn1. The summed E-state index contributed by atoms with van der Waals surface area (Å²) in [7, 11) is 1.82. The van der Waals surface area contributed by atoms with E-state index in [0.717, 1.165) is 34.6 Å². The number of carbonyl (C=O) groups excluding carboxylic acids is 2. The van der Waals surface area contributed by atoms with Gasteiger partial charge in [-0.3, -0.25) is 14.6 Å². The monoisotopic (exact) mass is 550 g/mol. The Bertz CT molecular complexity index is 1480. The van der Waals surface area contributed by atoms with Crippen molar-refractivity contribution in [3.63, 3.8) is 0 Å². The summed E-state index contributed by atoms with van der Waals surface area (Å²) in [5.74, 6) is -2.26. The maximum atomic E-state index is 14.7. The lowest BCUT2D eigenvalue weighted by atomic mass is 9.92. The third-order valence-corrected chi connectivity index (χ3v) is 7.80. The number of pyridine rings is 1. The predicted molar refractivity (Wildman–Crippen MR) is 149 cm³/mol. The third-order valence-electron chi connectivity index (χ3n) is 7.51. The van der Waals surface area contributed by atoms with Crippen LogP contribution in [0.15, 0.2) is 54.7 Å². The van der Waals surface area contributed by atoms with Gasteiger partial charge in [0.2, 0.25) is 11.8 Å². The lowest BCUT2D eigenvalue weighted by molar-refractivity contribution is -0.129. The number of benzene rings is 2. The molecule has 3 aromatic rings. The lowest BCUT2D eigenvalue weighted by Gasteiger charge is -2.34. The van der Waals surface area contributed by atoms with Gasteiger partial charge in [-0.25, -0.2) is 8.78 Å². The molecular formula is C30H29ClF2N4O2. The van der Waals surface area contributed by atoms with Crippen molar-refractivity contribution in [2.45, 2.75) is 38.6 Å². The van der Waals surface area contributed by atoms with Crippen LogP contribution in [0, 0.1) is 17.6 Å². The fourth-order valence-corrected chi connectivity index (χ4v) is 5.46. The normalized spacial score (nSPS) is 19.8. The summed E-state index contributed by atoms with van der Waals surface area (Å²) in [4.78, 5) is 32.8. The predicted octanol–water partition coefficient (Wildman–Crippen LogP) is 6.84. The molecule has 0 unspecified atom stereocenters. The van der Waals surface area contributed by atoms with Crippen LogP contribution in [-0.2, 0) is 9.59 Å². The molecule has 2 atom stereocenters. The summed E-state index contributed by atoms with van der Waals surface area (Å²) in [6.07, 6.45) is 5.18. The molecule has 2 aliphatic heterocycles. The van der Waals surface area contributed by atoms with E-state index in [1.165, 1.54) is 6.08 Å². The van der Waals surface area contributed by atoms with E-state index in [1.807, 2.05) is 44.3 Å². The smallest absolute Gasteiger partial charge is 0.247 e. The molecule has 0 aliphatic carbocycles. The zero-order valence-corrected chi connectivity index (χ0v) is 22.5. The highest BCUT2D eigenvalue weighted by Gasteiger charge is 2.31. The summed E-state index contributed by atoms with van der Waals surface area (Å²) in [5.41, 5.74) is 4.02. The molecule has 0 saturated heterocycles. The number of halogens is 3. The van der Waals surface area contributed by atoms with E-state index in [-0.39, 0.29) is 52.9 Å². The Balaban J connectivity index is 1.53. The molecule has 0 fully saturated rings. The molecular weight excluding hydrogens is 522 g/mol. The number of hydrogen-bond donors (Lipinski definition) is 2. The summed E-state index contributed by atoms with van der Waals surface area (Å²) in [6, 6.07) is 11.5. The van der Waals surface area contributed by atoms with Crippen LogP contribution in [0.25, 0.3) is 16.7 Å². The molecule has 5 rings (SSSR count). The fraction of sp³-hybridized carbons (Fsp3) is 0.300. The Labute approximate surface area is 231 Å². The van der Waals surface area contributed by atoms with Crippen molar-refractivity contribution in [3.8, 4) is 11.1 Å². The van der Waals surface area contributed by atoms with Crippen molar-refractivity contribution in [2.24, 2.45) is 5.92 Å². The van der Waals surface area contributed by atoms with Crippen LogP contribution >= 0.6 is 11.6 Å². The van der Waals surface area contributed by atoms with Crippen LogP contribution in [0.1, 0.15) is 49.9 Å². The number of fused-ring (bicyclic) bond motifs is 4. The molecule has 2 N–H and O–H groups in total. The average Bonchev–Trinajstić information content (AvgIpc) is 2.93. The van der Waals surface area contributed by atoms with Gasteiger partial charge < -0.3 is 15.5 Å². The van der Waals surface area contributed by atoms with Gasteiger partial charge in [-0.05, 0) is 66.8 Å². The summed E-state index contributed by atoms with van der Waals surface area (Å²) < 4.78 is 29.2. The number of aromatic nitrogens is 1. The van der Waals surface area contributed by atoms with Crippen molar-refractivity contribution in [2.75, 3.05) is 24.2 Å².